The van der Waals surface area contributed by atoms with Gasteiger partial charge in [0.15, 0.2) is 4.80 Å². The Morgan fingerprint density at radius 3 is 2.70 bits per heavy atom. The second kappa shape index (κ2) is 8.05. The topological polar surface area (TPSA) is 52.8 Å². The lowest BCUT2D eigenvalue weighted by Crippen LogP contribution is -2.17. The van der Waals surface area contributed by atoms with Crippen molar-refractivity contribution >= 4 is 50.7 Å². The first-order valence-corrected chi connectivity index (χ1v) is 9.29. The van der Waals surface area contributed by atoms with E-state index < -0.39 is 5.91 Å². The minimum atomic E-state index is -0.464. The molecule has 0 radical (unpaired) electrons. The maximum absolute atomic E-state index is 12.8. The van der Waals surface area contributed by atoms with E-state index in [1.165, 1.54) is 25.6 Å². The fourth-order valence-electron chi connectivity index (χ4n) is 2.55. The van der Waals surface area contributed by atoms with Gasteiger partial charge in [0.05, 0.1) is 46.6 Å². The van der Waals surface area contributed by atoms with Gasteiger partial charge < -0.3 is 14.0 Å². The molecular formula is C19H14Cl2N2O3S. The minimum absolute atomic E-state index is 0.200. The molecule has 8 heteroatoms. The zero-order valence-corrected chi connectivity index (χ0v) is 16.8. The molecule has 3 aromatic rings. The molecule has 138 valence electrons. The van der Waals surface area contributed by atoms with Crippen LogP contribution in [0.15, 0.2) is 35.3 Å². The van der Waals surface area contributed by atoms with Crippen molar-refractivity contribution in [3.05, 3.63) is 50.7 Å². The maximum Gasteiger partial charge on any atom is 0.283 e. The molecule has 2 aromatic carbocycles. The summed E-state index contributed by atoms with van der Waals surface area (Å²) < 4.78 is 13.0. The summed E-state index contributed by atoms with van der Waals surface area (Å²) in [6.45, 7) is 0.200. The number of thiazole rings is 1. The van der Waals surface area contributed by atoms with E-state index in [9.17, 15) is 4.79 Å². The third-order valence-corrected chi connectivity index (χ3v) is 5.66. The van der Waals surface area contributed by atoms with Gasteiger partial charge in [0.1, 0.15) is 11.5 Å². The van der Waals surface area contributed by atoms with Gasteiger partial charge in [-0.25, -0.2) is 0 Å². The van der Waals surface area contributed by atoms with Gasteiger partial charge in [-0.15, -0.1) is 6.42 Å². The van der Waals surface area contributed by atoms with E-state index in [0.717, 1.165) is 4.70 Å². The van der Waals surface area contributed by atoms with Crippen LogP contribution in [0.4, 0.5) is 0 Å². The molecule has 0 aliphatic carbocycles. The summed E-state index contributed by atoms with van der Waals surface area (Å²) in [5.41, 5.74) is 0.965. The fourth-order valence-corrected chi connectivity index (χ4v) is 4.06. The van der Waals surface area contributed by atoms with Crippen LogP contribution in [-0.4, -0.2) is 24.7 Å². The number of carbonyl (C=O) groups excluding carboxylic acids is 1. The molecule has 0 aliphatic heterocycles. The Morgan fingerprint density at radius 1 is 1.26 bits per heavy atom. The van der Waals surface area contributed by atoms with Crippen LogP contribution in [-0.2, 0) is 6.54 Å². The normalized spacial score (nSPS) is 11.4. The summed E-state index contributed by atoms with van der Waals surface area (Å²) in [5.74, 6) is 3.04. The summed E-state index contributed by atoms with van der Waals surface area (Å²) in [6.07, 6.45) is 5.48. The number of methoxy groups -OCH3 is 2. The van der Waals surface area contributed by atoms with E-state index in [2.05, 4.69) is 10.9 Å². The molecule has 0 spiro atoms. The average Bonchev–Trinajstić information content (AvgIpc) is 3.02. The number of fused-ring (bicyclic) bond motifs is 1. The maximum atomic E-state index is 12.8. The van der Waals surface area contributed by atoms with E-state index in [4.69, 9.17) is 39.1 Å². The van der Waals surface area contributed by atoms with Crippen LogP contribution in [0.1, 0.15) is 10.4 Å². The van der Waals surface area contributed by atoms with Gasteiger partial charge in [-0.3, -0.25) is 4.79 Å². The number of terminal acetylenes is 1. The van der Waals surface area contributed by atoms with Crippen molar-refractivity contribution in [2.45, 2.75) is 6.54 Å². The summed E-state index contributed by atoms with van der Waals surface area (Å²) in [4.78, 5) is 17.4. The number of carbonyl (C=O) groups is 1. The number of benzene rings is 2. The summed E-state index contributed by atoms with van der Waals surface area (Å²) in [7, 11) is 3.01. The molecule has 0 N–H and O–H groups in total. The molecule has 0 fully saturated rings. The Bertz CT molecular complexity index is 1140. The number of hydrogen-bond acceptors (Lipinski definition) is 4. The molecule has 0 unspecified atom stereocenters. The fraction of sp³-hybridized carbons (Fsp3) is 0.158. The van der Waals surface area contributed by atoms with Gasteiger partial charge in [0, 0.05) is 6.07 Å². The molecule has 0 aliphatic rings. The van der Waals surface area contributed by atoms with Crippen molar-refractivity contribution in [2.75, 3.05) is 14.2 Å². The molecule has 3 rings (SSSR count). The average molecular weight is 421 g/mol. The Hall–Kier alpha value is -2.46. The molecule has 1 amide bonds. The van der Waals surface area contributed by atoms with Gasteiger partial charge in [-0.05, 0) is 24.3 Å². The molecule has 1 heterocycles. The van der Waals surface area contributed by atoms with Crippen LogP contribution >= 0.6 is 34.5 Å². The Morgan fingerprint density at radius 2 is 2.04 bits per heavy atom. The SMILES string of the molecule is C#CCn1c(=NC(=O)c2ccc(OC)cc2OC)sc2ccc(Cl)c(Cl)c21. The first kappa shape index (κ1) is 19.3. The molecule has 0 atom stereocenters. The first-order chi connectivity index (χ1) is 13.0. The Balaban J connectivity index is 2.19. The van der Waals surface area contributed by atoms with Crippen LogP contribution in [0.2, 0.25) is 10.0 Å². The molecule has 0 saturated carbocycles. The summed E-state index contributed by atoms with van der Waals surface area (Å²) in [6, 6.07) is 8.41. The number of rotatable bonds is 4. The molecular weight excluding hydrogens is 407 g/mol. The number of ether oxygens (including phenoxy) is 2. The van der Waals surface area contributed by atoms with Crippen molar-refractivity contribution < 1.29 is 14.3 Å². The third kappa shape index (κ3) is 3.67. The van der Waals surface area contributed by atoms with Gasteiger partial charge in [0.2, 0.25) is 0 Å². The van der Waals surface area contributed by atoms with E-state index in [1.807, 2.05) is 6.07 Å². The van der Waals surface area contributed by atoms with Gasteiger partial charge in [0.25, 0.3) is 5.91 Å². The molecule has 27 heavy (non-hydrogen) atoms. The zero-order chi connectivity index (χ0) is 19.6. The van der Waals surface area contributed by atoms with Crippen molar-refractivity contribution in [3.8, 4) is 23.8 Å². The van der Waals surface area contributed by atoms with Gasteiger partial charge in [-0.1, -0.05) is 40.5 Å². The highest BCUT2D eigenvalue weighted by atomic mass is 35.5. The number of aromatic nitrogens is 1. The van der Waals surface area contributed by atoms with Crippen molar-refractivity contribution in [1.29, 1.82) is 0 Å². The Labute approximate surface area is 169 Å². The highest BCUT2D eigenvalue weighted by Crippen LogP contribution is 2.32. The second-order valence-electron chi connectivity index (χ2n) is 5.37. The van der Waals surface area contributed by atoms with Gasteiger partial charge >= 0.3 is 0 Å². The van der Waals surface area contributed by atoms with Crippen molar-refractivity contribution in [3.63, 3.8) is 0 Å². The lowest BCUT2D eigenvalue weighted by Gasteiger charge is -2.07. The number of nitrogens with zero attached hydrogens (tertiary/aromatic N) is 2. The molecule has 0 saturated heterocycles. The smallest absolute Gasteiger partial charge is 0.283 e. The monoisotopic (exact) mass is 420 g/mol. The predicted molar refractivity (Wildman–Crippen MR) is 108 cm³/mol. The van der Waals surface area contributed by atoms with Crippen LogP contribution in [0, 0.1) is 12.3 Å². The molecule has 1 aromatic heterocycles. The highest BCUT2D eigenvalue weighted by molar-refractivity contribution is 7.16. The summed E-state index contributed by atoms with van der Waals surface area (Å²) in [5, 5.41) is 0.777. The molecule has 5 nitrogen and oxygen atoms in total. The quantitative estimate of drug-likeness (QED) is 0.587. The molecule has 0 bridgehead atoms. The van der Waals surface area contributed by atoms with Crippen LogP contribution in [0.25, 0.3) is 10.2 Å². The van der Waals surface area contributed by atoms with Crippen molar-refractivity contribution in [2.24, 2.45) is 4.99 Å². The predicted octanol–water partition coefficient (Wildman–Crippen LogP) is 4.40. The van der Waals surface area contributed by atoms with E-state index in [-0.39, 0.29) is 6.54 Å². The van der Waals surface area contributed by atoms with Crippen LogP contribution in [0.5, 0.6) is 11.5 Å². The minimum Gasteiger partial charge on any atom is -0.497 e. The summed E-state index contributed by atoms with van der Waals surface area (Å²) >= 11 is 13.8. The van der Waals surface area contributed by atoms with E-state index in [1.54, 1.807) is 28.8 Å². The zero-order valence-electron chi connectivity index (χ0n) is 14.5. The first-order valence-electron chi connectivity index (χ1n) is 7.72. The standard InChI is InChI=1S/C19H14Cl2N2O3S/c1-4-9-23-17-15(8-7-13(20)16(17)21)27-19(23)22-18(24)12-6-5-11(25-2)10-14(12)26-3/h1,5-8,10H,9H2,2-3H3. The number of hydrogen-bond donors (Lipinski definition) is 0. The highest BCUT2D eigenvalue weighted by Gasteiger charge is 2.16. The van der Waals surface area contributed by atoms with Crippen LogP contribution < -0.4 is 14.3 Å². The lowest BCUT2D eigenvalue weighted by molar-refractivity contribution is 0.0995. The number of amides is 1. The van der Waals surface area contributed by atoms with Crippen LogP contribution in [0.3, 0.4) is 0 Å². The lowest BCUT2D eigenvalue weighted by atomic mass is 10.2. The van der Waals surface area contributed by atoms with E-state index in [0.29, 0.717) is 37.4 Å². The second-order valence-corrected chi connectivity index (χ2v) is 7.16. The van der Waals surface area contributed by atoms with E-state index >= 15 is 0 Å². The van der Waals surface area contributed by atoms with Crippen molar-refractivity contribution in [1.82, 2.24) is 4.57 Å². The van der Waals surface area contributed by atoms with Gasteiger partial charge in [-0.2, -0.15) is 4.99 Å². The number of halogens is 2. The third-order valence-electron chi connectivity index (χ3n) is 3.82. The largest absolute Gasteiger partial charge is 0.497 e. The Kier molecular flexibility index (Phi) is 5.76.